The minimum atomic E-state index is -0.0179. The lowest BCUT2D eigenvalue weighted by Gasteiger charge is -2.41. The summed E-state index contributed by atoms with van der Waals surface area (Å²) in [5.41, 5.74) is 7.19. The van der Waals surface area contributed by atoms with Crippen molar-refractivity contribution >= 4 is 0 Å². The lowest BCUT2D eigenvalue weighted by molar-refractivity contribution is 0.0192. The second-order valence-electron chi connectivity index (χ2n) is 7.32. The Morgan fingerprint density at radius 3 is 2.05 bits per heavy atom. The van der Waals surface area contributed by atoms with Gasteiger partial charge in [-0.1, -0.05) is 27.7 Å². The van der Waals surface area contributed by atoms with E-state index in [0.29, 0.717) is 11.8 Å². The average molecular weight is 274 g/mol. The van der Waals surface area contributed by atoms with Crippen molar-refractivity contribution in [3.63, 3.8) is 0 Å². The van der Waals surface area contributed by atoms with Crippen molar-refractivity contribution in [3.8, 4) is 5.75 Å². The number of hydrogen-bond donors (Lipinski definition) is 0. The van der Waals surface area contributed by atoms with Gasteiger partial charge in [-0.05, 0) is 80.2 Å². The first-order valence-corrected chi connectivity index (χ1v) is 8.00. The van der Waals surface area contributed by atoms with Gasteiger partial charge in [-0.15, -0.1) is 0 Å². The van der Waals surface area contributed by atoms with Gasteiger partial charge in [-0.25, -0.2) is 0 Å². The van der Waals surface area contributed by atoms with E-state index in [1.807, 2.05) is 0 Å². The highest BCUT2D eigenvalue weighted by atomic mass is 16.5. The summed E-state index contributed by atoms with van der Waals surface area (Å²) in [6.07, 6.45) is 2.27. The van der Waals surface area contributed by atoms with Crippen molar-refractivity contribution in [1.82, 2.24) is 0 Å². The Bertz CT molecular complexity index is 525. The van der Waals surface area contributed by atoms with Crippen LogP contribution in [-0.4, -0.2) is 5.60 Å². The van der Waals surface area contributed by atoms with Crippen LogP contribution in [0.5, 0.6) is 5.75 Å². The van der Waals surface area contributed by atoms with Crippen LogP contribution in [0.4, 0.5) is 0 Å². The largest absolute Gasteiger partial charge is 0.487 e. The zero-order valence-electron chi connectivity index (χ0n) is 14.5. The maximum absolute atomic E-state index is 6.51. The second-order valence-corrected chi connectivity index (χ2v) is 7.32. The van der Waals surface area contributed by atoms with E-state index in [0.717, 1.165) is 12.8 Å². The highest BCUT2D eigenvalue weighted by molar-refractivity contribution is 5.56. The molecule has 0 radical (unpaired) electrons. The van der Waals surface area contributed by atoms with E-state index in [4.69, 9.17) is 4.74 Å². The molecule has 0 amide bonds. The third-order valence-electron chi connectivity index (χ3n) is 5.44. The fourth-order valence-electron chi connectivity index (χ4n) is 3.58. The summed E-state index contributed by atoms with van der Waals surface area (Å²) in [6, 6.07) is 0. The van der Waals surface area contributed by atoms with Crippen LogP contribution in [0.2, 0.25) is 0 Å². The maximum atomic E-state index is 6.51. The van der Waals surface area contributed by atoms with Gasteiger partial charge in [0.1, 0.15) is 11.4 Å². The van der Waals surface area contributed by atoms with Crippen LogP contribution >= 0.6 is 0 Å². The molecule has 0 saturated carbocycles. The molecule has 0 spiro atoms. The molecule has 112 valence electrons. The molecule has 1 aliphatic heterocycles. The highest BCUT2D eigenvalue weighted by Crippen LogP contribution is 2.44. The molecule has 1 aliphatic rings. The Kier molecular flexibility index (Phi) is 3.92. The third kappa shape index (κ3) is 2.25. The zero-order valence-corrected chi connectivity index (χ0v) is 14.5. The summed E-state index contributed by atoms with van der Waals surface area (Å²) in [7, 11) is 0. The van der Waals surface area contributed by atoms with Gasteiger partial charge in [-0.3, -0.25) is 0 Å². The lowest BCUT2D eigenvalue weighted by Crippen LogP contribution is -2.42. The smallest absolute Gasteiger partial charge is 0.126 e. The number of fused-ring (bicyclic) bond motifs is 1. The minimum absolute atomic E-state index is 0.0179. The van der Waals surface area contributed by atoms with Crippen molar-refractivity contribution in [1.29, 1.82) is 0 Å². The summed E-state index contributed by atoms with van der Waals surface area (Å²) in [6.45, 7) is 18.1. The zero-order chi connectivity index (χ0) is 15.2. The minimum Gasteiger partial charge on any atom is -0.487 e. The van der Waals surface area contributed by atoms with Crippen LogP contribution in [0.3, 0.4) is 0 Å². The van der Waals surface area contributed by atoms with Gasteiger partial charge in [0.15, 0.2) is 0 Å². The molecule has 1 heteroatoms. The van der Waals surface area contributed by atoms with E-state index in [9.17, 15) is 0 Å². The molecule has 0 N–H and O–H groups in total. The molecule has 0 saturated heterocycles. The molecule has 0 aromatic heterocycles. The van der Waals surface area contributed by atoms with Crippen LogP contribution in [0.15, 0.2) is 0 Å². The average Bonchev–Trinajstić information content (AvgIpc) is 2.35. The van der Waals surface area contributed by atoms with Gasteiger partial charge in [0.05, 0.1) is 0 Å². The normalized spacial score (nSPS) is 22.1. The van der Waals surface area contributed by atoms with Crippen LogP contribution in [0.25, 0.3) is 0 Å². The molecule has 1 atom stereocenters. The third-order valence-corrected chi connectivity index (χ3v) is 5.44. The standard InChI is InChI=1S/C19H30O/c1-11(2)17-13(5)14(6)18-16(15(17)7)9-10-19(8,20-18)12(3)4/h11-12H,9-10H2,1-8H3. The Morgan fingerprint density at radius 1 is 0.950 bits per heavy atom. The Morgan fingerprint density at radius 2 is 1.55 bits per heavy atom. The molecule has 1 unspecified atom stereocenters. The molecule has 1 heterocycles. The first-order valence-electron chi connectivity index (χ1n) is 8.00. The van der Waals surface area contributed by atoms with Crippen LogP contribution in [-0.2, 0) is 6.42 Å². The molecule has 1 aromatic carbocycles. The van der Waals surface area contributed by atoms with E-state index < -0.39 is 0 Å². The Balaban J connectivity index is 2.61. The van der Waals surface area contributed by atoms with Crippen LogP contribution in [0, 0.1) is 26.7 Å². The van der Waals surface area contributed by atoms with Gasteiger partial charge in [0.2, 0.25) is 0 Å². The summed E-state index contributed by atoms with van der Waals surface area (Å²) in [4.78, 5) is 0. The van der Waals surface area contributed by atoms with Crippen molar-refractivity contribution in [2.75, 3.05) is 0 Å². The number of benzene rings is 1. The van der Waals surface area contributed by atoms with Crippen molar-refractivity contribution in [3.05, 3.63) is 27.8 Å². The Hall–Kier alpha value is -0.980. The molecule has 0 aliphatic carbocycles. The van der Waals surface area contributed by atoms with Crippen LogP contribution in [0.1, 0.15) is 74.8 Å². The Labute approximate surface area is 124 Å². The van der Waals surface area contributed by atoms with E-state index in [1.54, 1.807) is 0 Å². The molecule has 2 rings (SSSR count). The maximum Gasteiger partial charge on any atom is 0.126 e. The summed E-state index contributed by atoms with van der Waals surface area (Å²) >= 11 is 0. The molecule has 1 aromatic rings. The van der Waals surface area contributed by atoms with Gasteiger partial charge >= 0.3 is 0 Å². The summed E-state index contributed by atoms with van der Waals surface area (Å²) in [5.74, 6) is 2.30. The van der Waals surface area contributed by atoms with Gasteiger partial charge in [-0.2, -0.15) is 0 Å². The first-order chi connectivity index (χ1) is 9.19. The topological polar surface area (TPSA) is 9.23 Å². The molecule has 0 bridgehead atoms. The van der Waals surface area contributed by atoms with E-state index in [1.165, 1.54) is 33.6 Å². The first kappa shape index (κ1) is 15.4. The SMILES string of the molecule is Cc1c(C)c(C(C)C)c(C)c2c1OC(C)(C(C)C)CC2. The molecule has 20 heavy (non-hydrogen) atoms. The molecular weight excluding hydrogens is 244 g/mol. The molecular formula is C19H30O. The predicted octanol–water partition coefficient (Wildman–Crippen LogP) is 5.47. The van der Waals surface area contributed by atoms with E-state index in [2.05, 4.69) is 55.4 Å². The molecule has 0 fully saturated rings. The summed E-state index contributed by atoms with van der Waals surface area (Å²) in [5, 5.41) is 0. The quantitative estimate of drug-likeness (QED) is 0.694. The summed E-state index contributed by atoms with van der Waals surface area (Å²) < 4.78 is 6.51. The molecule has 1 nitrogen and oxygen atoms in total. The van der Waals surface area contributed by atoms with E-state index in [-0.39, 0.29) is 5.60 Å². The lowest BCUT2D eigenvalue weighted by atomic mass is 9.79. The van der Waals surface area contributed by atoms with Crippen molar-refractivity contribution in [2.24, 2.45) is 5.92 Å². The van der Waals surface area contributed by atoms with Gasteiger partial charge in [0, 0.05) is 0 Å². The fraction of sp³-hybridized carbons (Fsp3) is 0.684. The predicted molar refractivity (Wildman–Crippen MR) is 86.9 cm³/mol. The highest BCUT2D eigenvalue weighted by Gasteiger charge is 2.36. The second kappa shape index (κ2) is 5.09. The number of rotatable bonds is 2. The fourth-order valence-corrected chi connectivity index (χ4v) is 3.58. The monoisotopic (exact) mass is 274 g/mol. The number of hydrogen-bond acceptors (Lipinski definition) is 1. The van der Waals surface area contributed by atoms with Crippen LogP contribution < -0.4 is 4.74 Å². The van der Waals surface area contributed by atoms with Crippen molar-refractivity contribution in [2.45, 2.75) is 79.8 Å². The van der Waals surface area contributed by atoms with Gasteiger partial charge in [0.25, 0.3) is 0 Å². The van der Waals surface area contributed by atoms with Crippen molar-refractivity contribution < 1.29 is 4.74 Å². The van der Waals surface area contributed by atoms with E-state index >= 15 is 0 Å². The number of ether oxygens (including phenoxy) is 1. The van der Waals surface area contributed by atoms with Gasteiger partial charge < -0.3 is 4.74 Å².